The lowest BCUT2D eigenvalue weighted by atomic mass is 10.1. The molecular weight excluding hydrogens is 536 g/mol. The minimum Gasteiger partial charge on any atom is -0.352 e. The molecule has 0 unspecified atom stereocenters. The van der Waals surface area contributed by atoms with Crippen molar-refractivity contribution in [1.82, 2.24) is 15.3 Å². The Morgan fingerprint density at radius 1 is 1.18 bits per heavy atom. The number of pyridine rings is 2. The van der Waals surface area contributed by atoms with Crippen LogP contribution in [-0.2, 0) is 17.4 Å². The summed E-state index contributed by atoms with van der Waals surface area (Å²) in [6.07, 6.45) is 0.109. The number of nitrogens with one attached hydrogen (secondary N) is 1. The molecule has 2 amide bonds. The second-order valence-electron chi connectivity index (χ2n) is 8.50. The fourth-order valence-corrected chi connectivity index (χ4v) is 4.42. The highest BCUT2D eigenvalue weighted by Crippen LogP contribution is 2.34. The lowest BCUT2D eigenvalue weighted by Gasteiger charge is -2.30. The van der Waals surface area contributed by atoms with Crippen LogP contribution in [0.5, 0.6) is 0 Å². The third-order valence-electron chi connectivity index (χ3n) is 5.92. The fraction of sp³-hybridized carbons (Fsp3) is 0.231. The standard InChI is InChI=1S/C26H20F4N6O2S/c27-21-12-17(5-6-19(21)24(38)33-9-7-16-3-1-8-32-14-16)35-10-2-4-23(37)36(25(35)39)18-11-20(26(28,29)30)22(13-31)34-15-18/h1,3,5-6,8,11-12,14-15H,2,4,7,9-10H2,(H,33,38). The Balaban J connectivity index is 1.56. The Morgan fingerprint density at radius 2 is 1.97 bits per heavy atom. The molecule has 1 saturated heterocycles. The number of amides is 2. The zero-order chi connectivity index (χ0) is 28.2. The quantitative estimate of drug-likeness (QED) is 0.355. The number of nitrogens with zero attached hydrogens (tertiary/aromatic N) is 5. The van der Waals surface area contributed by atoms with Crippen molar-refractivity contribution in [2.45, 2.75) is 25.4 Å². The van der Waals surface area contributed by atoms with Gasteiger partial charge in [0.15, 0.2) is 10.8 Å². The van der Waals surface area contributed by atoms with E-state index in [2.05, 4.69) is 15.3 Å². The Morgan fingerprint density at radius 3 is 2.64 bits per heavy atom. The number of carbonyl (C=O) groups is 2. The normalized spacial score (nSPS) is 14.1. The Kier molecular flexibility index (Phi) is 8.15. The minimum atomic E-state index is -4.89. The zero-order valence-corrected chi connectivity index (χ0v) is 21.0. The van der Waals surface area contributed by atoms with Crippen molar-refractivity contribution >= 4 is 40.5 Å². The summed E-state index contributed by atoms with van der Waals surface area (Å²) in [5.74, 6) is -2.04. The van der Waals surface area contributed by atoms with E-state index in [1.54, 1.807) is 18.5 Å². The van der Waals surface area contributed by atoms with E-state index in [1.807, 2.05) is 6.07 Å². The molecule has 200 valence electrons. The van der Waals surface area contributed by atoms with E-state index >= 15 is 4.39 Å². The van der Waals surface area contributed by atoms with E-state index in [9.17, 15) is 22.8 Å². The van der Waals surface area contributed by atoms with Gasteiger partial charge in [-0.2, -0.15) is 18.4 Å². The average Bonchev–Trinajstić information content (AvgIpc) is 3.05. The molecule has 1 aromatic carbocycles. The molecule has 0 bridgehead atoms. The molecule has 13 heteroatoms. The number of hydrogen-bond donors (Lipinski definition) is 1. The van der Waals surface area contributed by atoms with Crippen molar-refractivity contribution in [2.24, 2.45) is 0 Å². The summed E-state index contributed by atoms with van der Waals surface area (Å²) in [6.45, 7) is 0.435. The van der Waals surface area contributed by atoms with Crippen LogP contribution in [0.25, 0.3) is 0 Å². The molecule has 3 aromatic rings. The highest BCUT2D eigenvalue weighted by Gasteiger charge is 2.37. The Labute approximate surface area is 225 Å². The topological polar surface area (TPSA) is 102 Å². The summed E-state index contributed by atoms with van der Waals surface area (Å²) in [5, 5.41) is 11.5. The smallest absolute Gasteiger partial charge is 0.352 e. The first kappa shape index (κ1) is 27.6. The summed E-state index contributed by atoms with van der Waals surface area (Å²) in [4.78, 5) is 35.2. The van der Waals surface area contributed by atoms with Gasteiger partial charge in [-0.15, -0.1) is 0 Å². The maximum atomic E-state index is 15.0. The number of anilines is 2. The molecule has 1 N–H and O–H groups in total. The zero-order valence-electron chi connectivity index (χ0n) is 20.2. The lowest BCUT2D eigenvalue weighted by molar-refractivity contribution is -0.138. The number of nitriles is 1. The van der Waals surface area contributed by atoms with E-state index in [0.29, 0.717) is 12.5 Å². The molecule has 0 saturated carbocycles. The van der Waals surface area contributed by atoms with Gasteiger partial charge < -0.3 is 10.2 Å². The van der Waals surface area contributed by atoms with Crippen LogP contribution in [0.4, 0.5) is 28.9 Å². The van der Waals surface area contributed by atoms with Crippen LogP contribution in [0.2, 0.25) is 0 Å². The monoisotopic (exact) mass is 556 g/mol. The van der Waals surface area contributed by atoms with Gasteiger partial charge in [0.2, 0.25) is 5.91 Å². The third-order valence-corrected chi connectivity index (χ3v) is 6.32. The molecule has 4 rings (SSSR count). The van der Waals surface area contributed by atoms with Gasteiger partial charge in [0.1, 0.15) is 11.9 Å². The van der Waals surface area contributed by atoms with Crippen molar-refractivity contribution in [3.63, 3.8) is 0 Å². The largest absolute Gasteiger partial charge is 0.419 e. The van der Waals surface area contributed by atoms with E-state index < -0.39 is 35.1 Å². The molecule has 0 atom stereocenters. The second-order valence-corrected chi connectivity index (χ2v) is 8.86. The molecular formula is C26H20F4N6O2S. The Bertz CT molecular complexity index is 1460. The van der Waals surface area contributed by atoms with Gasteiger partial charge in [0.05, 0.1) is 23.0 Å². The molecule has 1 aliphatic heterocycles. The predicted molar refractivity (Wildman–Crippen MR) is 137 cm³/mol. The van der Waals surface area contributed by atoms with Crippen molar-refractivity contribution in [3.8, 4) is 6.07 Å². The van der Waals surface area contributed by atoms with Gasteiger partial charge in [-0.3, -0.25) is 19.5 Å². The summed E-state index contributed by atoms with van der Waals surface area (Å²) < 4.78 is 55.5. The third kappa shape index (κ3) is 6.18. The van der Waals surface area contributed by atoms with Crippen LogP contribution in [0, 0.1) is 17.1 Å². The SMILES string of the molecule is N#Cc1ncc(N2C(=O)CCCN(c3ccc(C(=O)NCCc4cccnc4)c(F)c3)C2=S)cc1C(F)(F)F. The molecule has 0 spiro atoms. The fourth-order valence-electron chi connectivity index (χ4n) is 4.02. The summed E-state index contributed by atoms with van der Waals surface area (Å²) in [6, 6.07) is 9.44. The number of carbonyl (C=O) groups excluding carboxylic acids is 2. The summed E-state index contributed by atoms with van der Waals surface area (Å²) in [7, 11) is 0. The van der Waals surface area contributed by atoms with Crippen LogP contribution < -0.4 is 15.1 Å². The van der Waals surface area contributed by atoms with E-state index in [-0.39, 0.29) is 48.0 Å². The number of thiocarbonyl (C=S) groups is 1. The van der Waals surface area contributed by atoms with Crippen molar-refractivity contribution < 1.29 is 27.2 Å². The molecule has 3 heterocycles. The maximum absolute atomic E-state index is 15.0. The van der Waals surface area contributed by atoms with Crippen molar-refractivity contribution in [3.05, 3.63) is 83.2 Å². The van der Waals surface area contributed by atoms with Crippen LogP contribution in [0.15, 0.2) is 55.0 Å². The summed E-state index contributed by atoms with van der Waals surface area (Å²) in [5.41, 5.74) is -1.51. The number of hydrogen-bond acceptors (Lipinski definition) is 6. The van der Waals surface area contributed by atoms with Gasteiger partial charge in [0, 0.05) is 37.6 Å². The first-order chi connectivity index (χ1) is 18.6. The number of benzene rings is 1. The number of rotatable bonds is 6. The highest BCUT2D eigenvalue weighted by atomic mass is 32.1. The van der Waals surface area contributed by atoms with Crippen LogP contribution >= 0.6 is 12.2 Å². The molecule has 8 nitrogen and oxygen atoms in total. The maximum Gasteiger partial charge on any atom is 0.419 e. The molecule has 0 aliphatic carbocycles. The number of alkyl halides is 3. The van der Waals surface area contributed by atoms with E-state index in [0.717, 1.165) is 22.7 Å². The highest BCUT2D eigenvalue weighted by molar-refractivity contribution is 7.81. The van der Waals surface area contributed by atoms with Crippen LogP contribution in [0.3, 0.4) is 0 Å². The molecule has 1 fully saturated rings. The first-order valence-electron chi connectivity index (χ1n) is 11.7. The van der Waals surface area contributed by atoms with Gasteiger partial charge in [-0.1, -0.05) is 6.07 Å². The van der Waals surface area contributed by atoms with Gasteiger partial charge >= 0.3 is 6.18 Å². The number of aromatic nitrogens is 2. The van der Waals surface area contributed by atoms with Gasteiger partial charge in [0.25, 0.3) is 5.91 Å². The molecule has 2 aromatic heterocycles. The van der Waals surface area contributed by atoms with Crippen LogP contribution in [0.1, 0.15) is 40.0 Å². The van der Waals surface area contributed by atoms with E-state index in [1.165, 1.54) is 23.1 Å². The molecule has 0 radical (unpaired) electrons. The van der Waals surface area contributed by atoms with Crippen molar-refractivity contribution in [1.29, 1.82) is 5.26 Å². The van der Waals surface area contributed by atoms with Gasteiger partial charge in [-0.25, -0.2) is 9.37 Å². The number of halogens is 4. The summed E-state index contributed by atoms with van der Waals surface area (Å²) >= 11 is 5.46. The Hall–Kier alpha value is -4.44. The minimum absolute atomic E-state index is 0.0438. The lowest BCUT2D eigenvalue weighted by Crippen LogP contribution is -2.44. The second kappa shape index (κ2) is 11.5. The van der Waals surface area contributed by atoms with Crippen molar-refractivity contribution in [2.75, 3.05) is 22.9 Å². The molecule has 39 heavy (non-hydrogen) atoms. The predicted octanol–water partition coefficient (Wildman–Crippen LogP) is 4.40. The van der Waals surface area contributed by atoms with Gasteiger partial charge in [-0.05, 0) is 61.0 Å². The van der Waals surface area contributed by atoms with Crippen LogP contribution in [-0.4, -0.2) is 40.0 Å². The van der Waals surface area contributed by atoms with E-state index in [4.69, 9.17) is 17.5 Å². The molecule has 1 aliphatic rings. The first-order valence-corrected chi connectivity index (χ1v) is 12.1. The average molecular weight is 557 g/mol.